The molecule has 2 aliphatic rings. The molecule has 2 bridgehead atoms. The normalized spacial score (nSPS) is 33.3. The Morgan fingerprint density at radius 3 is 1.71 bits per heavy atom. The van der Waals surface area contributed by atoms with Crippen molar-refractivity contribution in [2.75, 3.05) is 11.5 Å². The van der Waals surface area contributed by atoms with E-state index in [9.17, 15) is 4.79 Å². The quantitative estimate of drug-likeness (QED) is 0.654. The molecule has 0 aromatic carbocycles. The molecule has 2 atom stereocenters. The van der Waals surface area contributed by atoms with E-state index in [0.29, 0.717) is 5.78 Å². The molecule has 0 aromatic heterocycles. The highest BCUT2D eigenvalue weighted by molar-refractivity contribution is 8.02. The monoisotopic (exact) mass is 272 g/mol. The van der Waals surface area contributed by atoms with Crippen molar-refractivity contribution < 1.29 is 4.79 Å². The molecule has 1 saturated carbocycles. The fourth-order valence-electron chi connectivity index (χ4n) is 2.73. The number of hydrogen-bond acceptors (Lipinski definition) is 3. The number of rotatable bonds is 0. The number of fused-ring (bicyclic) bond motifs is 3. The Labute approximate surface area is 114 Å². The fourth-order valence-corrected chi connectivity index (χ4v) is 5.18. The highest BCUT2D eigenvalue weighted by Gasteiger charge is 2.20. The van der Waals surface area contributed by atoms with Crippen molar-refractivity contribution >= 4 is 29.3 Å². The molecule has 0 amide bonds. The van der Waals surface area contributed by atoms with Crippen LogP contribution in [0.3, 0.4) is 0 Å². The number of ketones is 1. The van der Waals surface area contributed by atoms with Crippen molar-refractivity contribution in [3.63, 3.8) is 0 Å². The smallest absolute Gasteiger partial charge is 0.152 e. The van der Waals surface area contributed by atoms with Gasteiger partial charge in [0.25, 0.3) is 0 Å². The van der Waals surface area contributed by atoms with Crippen LogP contribution in [0.25, 0.3) is 0 Å². The first-order valence-corrected chi connectivity index (χ1v) is 9.19. The maximum atomic E-state index is 11.7. The van der Waals surface area contributed by atoms with Crippen LogP contribution in [-0.4, -0.2) is 27.8 Å². The third-order valence-corrected chi connectivity index (χ3v) is 6.69. The summed E-state index contributed by atoms with van der Waals surface area (Å²) in [6.07, 6.45) is 12.4. The zero-order valence-corrected chi connectivity index (χ0v) is 12.3. The van der Waals surface area contributed by atoms with Gasteiger partial charge >= 0.3 is 0 Å². The second kappa shape index (κ2) is 7.73. The van der Waals surface area contributed by atoms with Crippen LogP contribution in [0, 0.1) is 0 Å². The van der Waals surface area contributed by atoms with Gasteiger partial charge in [-0.05, 0) is 25.7 Å². The second-order valence-corrected chi connectivity index (χ2v) is 7.90. The second-order valence-electron chi connectivity index (χ2n) is 5.33. The number of thioether (sulfide) groups is 2. The molecule has 0 radical (unpaired) electrons. The first-order valence-electron chi connectivity index (χ1n) is 7.09. The van der Waals surface area contributed by atoms with Gasteiger partial charge in [0, 0.05) is 10.5 Å². The van der Waals surface area contributed by atoms with Crippen molar-refractivity contribution in [2.45, 2.75) is 68.3 Å². The summed E-state index contributed by atoms with van der Waals surface area (Å²) in [7, 11) is 0. The molecule has 2 unspecified atom stereocenters. The Hall–Kier alpha value is 0.370. The highest BCUT2D eigenvalue weighted by Crippen LogP contribution is 2.32. The Morgan fingerprint density at radius 1 is 0.706 bits per heavy atom. The molecule has 1 aliphatic carbocycles. The summed E-state index contributed by atoms with van der Waals surface area (Å²) in [6.45, 7) is 0. The van der Waals surface area contributed by atoms with Gasteiger partial charge in [-0.3, -0.25) is 4.79 Å². The van der Waals surface area contributed by atoms with E-state index in [4.69, 9.17) is 0 Å². The topological polar surface area (TPSA) is 17.1 Å². The van der Waals surface area contributed by atoms with Gasteiger partial charge in [-0.2, -0.15) is 23.5 Å². The molecule has 98 valence electrons. The van der Waals surface area contributed by atoms with Crippen molar-refractivity contribution in [2.24, 2.45) is 0 Å². The average Bonchev–Trinajstić information content (AvgIpc) is 2.39. The van der Waals surface area contributed by atoms with Gasteiger partial charge in [-0.15, -0.1) is 0 Å². The number of Topliss-reactive ketones (excluding diaryl/α,β-unsaturated/α-hetero) is 1. The van der Waals surface area contributed by atoms with Crippen LogP contribution >= 0.6 is 23.5 Å². The number of hydrogen-bond donors (Lipinski definition) is 0. The summed E-state index contributed by atoms with van der Waals surface area (Å²) in [5, 5.41) is 1.52. The van der Waals surface area contributed by atoms with E-state index >= 15 is 0 Å². The lowest BCUT2D eigenvalue weighted by Crippen LogP contribution is -2.09. The SMILES string of the molecule is O=C1CSC2CCCCCCCC(CC2)SC1. The lowest BCUT2D eigenvalue weighted by Gasteiger charge is -2.17. The van der Waals surface area contributed by atoms with Crippen LogP contribution in [-0.2, 0) is 4.79 Å². The molecule has 1 heterocycles. The zero-order chi connectivity index (χ0) is 11.9. The van der Waals surface area contributed by atoms with Crippen LogP contribution in [0.15, 0.2) is 0 Å². The van der Waals surface area contributed by atoms with Crippen LogP contribution in [0.5, 0.6) is 0 Å². The van der Waals surface area contributed by atoms with Crippen molar-refractivity contribution in [3.05, 3.63) is 0 Å². The molecule has 3 heteroatoms. The van der Waals surface area contributed by atoms with Crippen LogP contribution in [0.4, 0.5) is 0 Å². The fraction of sp³-hybridized carbons (Fsp3) is 0.929. The molecule has 0 aromatic rings. The van der Waals surface area contributed by atoms with Crippen molar-refractivity contribution in [1.29, 1.82) is 0 Å². The van der Waals surface area contributed by atoms with Gasteiger partial charge in [0.2, 0.25) is 0 Å². The summed E-state index contributed by atoms with van der Waals surface area (Å²) in [6, 6.07) is 0. The van der Waals surface area contributed by atoms with E-state index in [2.05, 4.69) is 0 Å². The molecular formula is C14H24OS2. The first-order chi connectivity index (χ1) is 8.34. The molecule has 0 N–H and O–H groups in total. The summed E-state index contributed by atoms with van der Waals surface area (Å²) in [4.78, 5) is 11.7. The van der Waals surface area contributed by atoms with E-state index in [-0.39, 0.29) is 0 Å². The predicted octanol–water partition coefficient (Wildman–Crippen LogP) is 4.30. The Bertz CT molecular complexity index is 220. The van der Waals surface area contributed by atoms with Crippen LogP contribution in [0.2, 0.25) is 0 Å². The molecule has 1 nitrogen and oxygen atoms in total. The minimum Gasteiger partial charge on any atom is -0.298 e. The molecule has 17 heavy (non-hydrogen) atoms. The molecule has 2 fully saturated rings. The maximum absolute atomic E-state index is 11.7. The summed E-state index contributed by atoms with van der Waals surface area (Å²) in [5.74, 6) is 2.00. The zero-order valence-electron chi connectivity index (χ0n) is 10.7. The third-order valence-electron chi connectivity index (χ3n) is 3.82. The maximum Gasteiger partial charge on any atom is 0.152 e. The van der Waals surface area contributed by atoms with Gasteiger partial charge in [-0.1, -0.05) is 32.1 Å². The van der Waals surface area contributed by atoms with E-state index in [0.717, 1.165) is 22.0 Å². The number of carbonyl (C=O) groups excluding carboxylic acids is 1. The average molecular weight is 272 g/mol. The van der Waals surface area contributed by atoms with Gasteiger partial charge in [0.05, 0.1) is 11.5 Å². The summed E-state index contributed by atoms with van der Waals surface area (Å²) in [5.41, 5.74) is 0. The Kier molecular flexibility index (Phi) is 6.27. The van der Waals surface area contributed by atoms with E-state index < -0.39 is 0 Å². The number of carbonyl (C=O) groups is 1. The lowest BCUT2D eigenvalue weighted by molar-refractivity contribution is -0.114. The van der Waals surface area contributed by atoms with Gasteiger partial charge in [-0.25, -0.2) is 0 Å². The minimum atomic E-state index is 0.467. The van der Waals surface area contributed by atoms with Crippen molar-refractivity contribution in [1.82, 2.24) is 0 Å². The summed E-state index contributed by atoms with van der Waals surface area (Å²) >= 11 is 3.88. The minimum absolute atomic E-state index is 0.467. The van der Waals surface area contributed by atoms with Crippen molar-refractivity contribution in [3.8, 4) is 0 Å². The third kappa shape index (κ3) is 5.25. The molecule has 1 aliphatic heterocycles. The van der Waals surface area contributed by atoms with Crippen LogP contribution < -0.4 is 0 Å². The Balaban J connectivity index is 1.95. The van der Waals surface area contributed by atoms with Gasteiger partial charge < -0.3 is 0 Å². The summed E-state index contributed by atoms with van der Waals surface area (Å²) < 4.78 is 0. The van der Waals surface area contributed by atoms with Gasteiger partial charge in [0.1, 0.15) is 0 Å². The lowest BCUT2D eigenvalue weighted by atomic mass is 10.1. The molecular weight excluding hydrogens is 248 g/mol. The molecule has 2 rings (SSSR count). The molecule has 1 saturated heterocycles. The largest absolute Gasteiger partial charge is 0.298 e. The highest BCUT2D eigenvalue weighted by atomic mass is 32.2. The first kappa shape index (κ1) is 13.8. The van der Waals surface area contributed by atoms with Crippen LogP contribution in [0.1, 0.15) is 57.8 Å². The van der Waals surface area contributed by atoms with E-state index in [1.54, 1.807) is 0 Å². The predicted molar refractivity (Wildman–Crippen MR) is 79.1 cm³/mol. The standard InChI is InChI=1S/C14H24OS2/c15-12-10-16-13-6-4-2-1-3-5-7-14(9-8-13)17-11-12/h13-14H,1-11H2. The Morgan fingerprint density at radius 2 is 1.18 bits per heavy atom. The van der Waals surface area contributed by atoms with E-state index in [1.165, 1.54) is 57.8 Å². The molecule has 0 spiro atoms. The van der Waals surface area contributed by atoms with Gasteiger partial charge in [0.15, 0.2) is 5.78 Å². The van der Waals surface area contributed by atoms with E-state index in [1.807, 2.05) is 23.5 Å².